The summed E-state index contributed by atoms with van der Waals surface area (Å²) < 4.78 is 16.2. The number of amides is 4. The molecule has 0 spiro atoms. The van der Waals surface area contributed by atoms with Crippen LogP contribution in [0.1, 0.15) is 73.9 Å². The zero-order valence-corrected chi connectivity index (χ0v) is 27.1. The van der Waals surface area contributed by atoms with Gasteiger partial charge in [0.1, 0.15) is 22.8 Å². The molecule has 0 fully saturated rings. The molecule has 12 nitrogen and oxygen atoms in total. The van der Waals surface area contributed by atoms with Gasteiger partial charge in [-0.1, -0.05) is 42.5 Å². The summed E-state index contributed by atoms with van der Waals surface area (Å²) in [7, 11) is 0. The highest BCUT2D eigenvalue weighted by Gasteiger charge is 2.35. The van der Waals surface area contributed by atoms with Crippen LogP contribution in [0.2, 0.25) is 0 Å². The molecule has 2 aromatic carbocycles. The predicted molar refractivity (Wildman–Crippen MR) is 170 cm³/mol. The van der Waals surface area contributed by atoms with E-state index in [4.69, 9.17) is 14.2 Å². The van der Waals surface area contributed by atoms with Crippen molar-refractivity contribution in [2.75, 3.05) is 10.2 Å². The molecule has 0 bridgehead atoms. The average Bonchev–Trinajstić information content (AvgIpc) is 2.90. The summed E-state index contributed by atoms with van der Waals surface area (Å²) in [5.74, 6) is -0.707. The summed E-state index contributed by atoms with van der Waals surface area (Å²) in [4.78, 5) is 61.1. The van der Waals surface area contributed by atoms with E-state index in [-0.39, 0.29) is 5.95 Å². The summed E-state index contributed by atoms with van der Waals surface area (Å²) in [5, 5.41) is 5.46. The van der Waals surface area contributed by atoms with E-state index in [1.54, 1.807) is 117 Å². The number of carbonyl (C=O) groups is 4. The number of hydrogen-bond acceptors (Lipinski definition) is 9. The van der Waals surface area contributed by atoms with Gasteiger partial charge in [-0.2, -0.15) is 0 Å². The normalized spacial score (nSPS) is 12.4. The van der Waals surface area contributed by atoms with Crippen LogP contribution in [0.25, 0.3) is 11.3 Å². The topological polar surface area (TPSA) is 149 Å². The first kappa shape index (κ1) is 34.5. The van der Waals surface area contributed by atoms with Crippen molar-refractivity contribution in [2.24, 2.45) is 0 Å². The Morgan fingerprint density at radius 3 is 1.76 bits per heavy atom. The van der Waals surface area contributed by atoms with Gasteiger partial charge in [0, 0.05) is 17.4 Å². The monoisotopic (exact) mass is 619 g/mol. The van der Waals surface area contributed by atoms with E-state index < -0.39 is 47.0 Å². The van der Waals surface area contributed by atoms with Crippen LogP contribution in [-0.2, 0) is 19.0 Å². The van der Waals surface area contributed by atoms with Gasteiger partial charge in [0.25, 0.3) is 5.91 Å². The fourth-order valence-electron chi connectivity index (χ4n) is 3.78. The molecule has 0 saturated carbocycles. The number of nitrogens with zero attached hydrogens (tertiary/aromatic N) is 3. The molecule has 0 aliphatic carbocycles. The number of hydrogen-bond donors (Lipinski definition) is 2. The number of ether oxygens (including phenoxy) is 3. The Morgan fingerprint density at radius 2 is 1.24 bits per heavy atom. The number of alkyl carbamates (subject to hydrolysis) is 1. The lowest BCUT2D eigenvalue weighted by atomic mass is 10.1. The Bertz CT molecular complexity index is 1480. The van der Waals surface area contributed by atoms with Crippen LogP contribution in [0.5, 0.6) is 0 Å². The highest BCUT2D eigenvalue weighted by Crippen LogP contribution is 2.25. The zero-order valence-electron chi connectivity index (χ0n) is 27.1. The summed E-state index contributed by atoms with van der Waals surface area (Å²) in [6, 6.07) is 16.1. The first-order chi connectivity index (χ1) is 20.8. The Labute approximate surface area is 263 Å². The minimum atomic E-state index is -1.02. The van der Waals surface area contributed by atoms with E-state index >= 15 is 0 Å². The summed E-state index contributed by atoms with van der Waals surface area (Å²) >= 11 is 0. The Hall–Kier alpha value is -5.00. The van der Waals surface area contributed by atoms with Gasteiger partial charge in [0.15, 0.2) is 0 Å². The first-order valence-electron chi connectivity index (χ1n) is 14.4. The van der Waals surface area contributed by atoms with E-state index in [1.165, 1.54) is 6.20 Å². The van der Waals surface area contributed by atoms with Crippen LogP contribution < -0.4 is 15.5 Å². The molecule has 0 saturated heterocycles. The number of benzene rings is 2. The predicted octanol–water partition coefficient (Wildman–Crippen LogP) is 7.02. The van der Waals surface area contributed by atoms with E-state index in [9.17, 15) is 19.2 Å². The van der Waals surface area contributed by atoms with Crippen LogP contribution in [-0.4, -0.2) is 51.0 Å². The second-order valence-corrected chi connectivity index (χ2v) is 13.1. The second-order valence-electron chi connectivity index (χ2n) is 13.1. The largest absolute Gasteiger partial charge is 0.444 e. The third-order valence-electron chi connectivity index (χ3n) is 5.50. The van der Waals surface area contributed by atoms with Crippen molar-refractivity contribution in [3.05, 3.63) is 72.4 Å². The second kappa shape index (κ2) is 13.7. The third-order valence-corrected chi connectivity index (χ3v) is 5.50. The first-order valence-corrected chi connectivity index (χ1v) is 14.4. The van der Waals surface area contributed by atoms with Crippen molar-refractivity contribution in [2.45, 2.75) is 85.2 Å². The highest BCUT2D eigenvalue weighted by atomic mass is 16.6. The molecule has 2 N–H and O–H groups in total. The minimum absolute atomic E-state index is 0.229. The molecule has 240 valence electrons. The lowest BCUT2D eigenvalue weighted by Crippen LogP contribution is -2.44. The van der Waals surface area contributed by atoms with E-state index in [0.717, 1.165) is 0 Å². The van der Waals surface area contributed by atoms with E-state index in [1.807, 2.05) is 6.07 Å². The Balaban J connectivity index is 1.84. The number of anilines is 2. The van der Waals surface area contributed by atoms with Crippen molar-refractivity contribution in [3.63, 3.8) is 0 Å². The van der Waals surface area contributed by atoms with E-state index in [2.05, 4.69) is 20.6 Å². The number of nitrogens with one attached hydrogen (secondary N) is 2. The van der Waals surface area contributed by atoms with Gasteiger partial charge < -0.3 is 24.8 Å². The maximum Gasteiger partial charge on any atom is 0.427 e. The lowest BCUT2D eigenvalue weighted by Gasteiger charge is -2.27. The smallest absolute Gasteiger partial charge is 0.427 e. The molecule has 45 heavy (non-hydrogen) atoms. The molecule has 1 atom stereocenters. The maximum absolute atomic E-state index is 13.3. The standard InChI is InChI=1S/C33H41N5O7/c1-31(2,3)43-28(40)37-25(22-13-11-10-12-14-22)26(39)35-23-17-15-21(16-18-23)24-19-20-34-27(36-24)38(29(41)44-32(4,5)6)30(42)45-33(7,8)9/h10-20,25H,1-9H3,(H,35,39)(H,37,40)/t25-/m1/s1. The Kier molecular flexibility index (Phi) is 10.5. The summed E-state index contributed by atoms with van der Waals surface area (Å²) in [6.45, 7) is 15.2. The van der Waals surface area contributed by atoms with Crippen molar-refractivity contribution in [1.82, 2.24) is 15.3 Å². The van der Waals surface area contributed by atoms with Crippen molar-refractivity contribution in [1.29, 1.82) is 0 Å². The quantitative estimate of drug-likeness (QED) is 0.277. The number of rotatable bonds is 6. The Morgan fingerprint density at radius 1 is 0.711 bits per heavy atom. The third kappa shape index (κ3) is 10.9. The van der Waals surface area contributed by atoms with Gasteiger partial charge in [0.2, 0.25) is 5.95 Å². The molecule has 12 heteroatoms. The van der Waals surface area contributed by atoms with Gasteiger partial charge >= 0.3 is 18.3 Å². The van der Waals surface area contributed by atoms with Gasteiger partial charge in [-0.05, 0) is 86.1 Å². The van der Waals surface area contributed by atoms with Crippen LogP contribution in [0, 0.1) is 0 Å². The van der Waals surface area contributed by atoms with Crippen LogP contribution in [0.4, 0.5) is 26.0 Å². The molecule has 0 aliphatic rings. The SMILES string of the molecule is CC(C)(C)OC(=O)N[C@@H](C(=O)Nc1ccc(-c2ccnc(N(C(=O)OC(C)(C)C)C(=O)OC(C)(C)C)n2)cc1)c1ccccc1. The number of aromatic nitrogens is 2. The van der Waals surface area contributed by atoms with Gasteiger partial charge in [-0.15, -0.1) is 4.90 Å². The van der Waals surface area contributed by atoms with Gasteiger partial charge in [-0.25, -0.2) is 24.4 Å². The fraction of sp³-hybridized carbons (Fsp3) is 0.394. The van der Waals surface area contributed by atoms with Gasteiger partial charge in [-0.3, -0.25) is 4.79 Å². The molecule has 4 amide bonds. The van der Waals surface area contributed by atoms with Crippen LogP contribution in [0.3, 0.4) is 0 Å². The molecule has 1 heterocycles. The van der Waals surface area contributed by atoms with Crippen molar-refractivity contribution >= 4 is 35.8 Å². The molecular weight excluding hydrogens is 578 g/mol. The van der Waals surface area contributed by atoms with Crippen LogP contribution >= 0.6 is 0 Å². The molecule has 3 rings (SSSR count). The summed E-state index contributed by atoms with van der Waals surface area (Å²) in [6.07, 6.45) is -1.30. The van der Waals surface area contributed by atoms with Crippen LogP contribution in [0.15, 0.2) is 66.9 Å². The summed E-state index contributed by atoms with van der Waals surface area (Å²) in [5.41, 5.74) is -0.497. The molecule has 0 aliphatic heterocycles. The highest BCUT2D eigenvalue weighted by molar-refractivity contribution is 6.08. The van der Waals surface area contributed by atoms with Crippen molar-refractivity contribution < 1.29 is 33.4 Å². The average molecular weight is 620 g/mol. The zero-order chi connectivity index (χ0) is 33.6. The molecule has 1 aromatic heterocycles. The molecule has 3 aromatic rings. The van der Waals surface area contributed by atoms with Crippen molar-refractivity contribution in [3.8, 4) is 11.3 Å². The fourth-order valence-corrected chi connectivity index (χ4v) is 3.78. The molecule has 0 unspecified atom stereocenters. The van der Waals surface area contributed by atoms with Gasteiger partial charge in [0.05, 0.1) is 5.69 Å². The number of imide groups is 1. The maximum atomic E-state index is 13.3. The molecule has 0 radical (unpaired) electrons. The number of carbonyl (C=O) groups excluding carboxylic acids is 4. The molecular formula is C33H41N5O7. The minimum Gasteiger partial charge on any atom is -0.444 e. The lowest BCUT2D eigenvalue weighted by molar-refractivity contribution is -0.118. The van der Waals surface area contributed by atoms with E-state index in [0.29, 0.717) is 27.4 Å².